The van der Waals surface area contributed by atoms with E-state index in [4.69, 9.17) is 5.73 Å². The zero-order chi connectivity index (χ0) is 10.1. The molecule has 76 valence electrons. The van der Waals surface area contributed by atoms with Gasteiger partial charge in [-0.1, -0.05) is 12.8 Å². The summed E-state index contributed by atoms with van der Waals surface area (Å²) < 4.78 is 2.58. The van der Waals surface area contributed by atoms with Gasteiger partial charge in [0.1, 0.15) is 0 Å². The van der Waals surface area contributed by atoms with Crippen molar-refractivity contribution in [1.82, 2.24) is 0 Å². The van der Waals surface area contributed by atoms with Crippen molar-refractivity contribution >= 4 is 45.2 Å². The van der Waals surface area contributed by atoms with Gasteiger partial charge < -0.3 is 5.73 Å². The third-order valence-electron chi connectivity index (χ3n) is 2.60. The normalized spacial score (nSPS) is 18.2. The van der Waals surface area contributed by atoms with Crippen LogP contribution in [0, 0.1) is 13.1 Å². The Morgan fingerprint density at radius 2 is 1.79 bits per heavy atom. The summed E-state index contributed by atoms with van der Waals surface area (Å²) >= 11 is 4.71. The lowest BCUT2D eigenvalue weighted by Crippen LogP contribution is -2.11. The fourth-order valence-corrected chi connectivity index (χ4v) is 3.62. The zero-order valence-corrected chi connectivity index (χ0v) is 12.2. The molecule has 1 nitrogen and oxygen atoms in total. The van der Waals surface area contributed by atoms with Crippen molar-refractivity contribution in [1.29, 1.82) is 0 Å². The topological polar surface area (TPSA) is 26.0 Å². The van der Waals surface area contributed by atoms with Gasteiger partial charge in [0.15, 0.2) is 0 Å². The van der Waals surface area contributed by atoms with Crippen LogP contribution >= 0.6 is 45.2 Å². The molecule has 1 fully saturated rings. The molecule has 2 rings (SSSR count). The Balaban J connectivity index is 2.12. The van der Waals surface area contributed by atoms with Crippen molar-refractivity contribution in [2.24, 2.45) is 11.7 Å². The van der Waals surface area contributed by atoms with Crippen LogP contribution in [0.3, 0.4) is 0 Å². The maximum Gasteiger partial charge on any atom is 0.0298 e. The van der Waals surface area contributed by atoms with Crippen LogP contribution in [0.4, 0.5) is 0 Å². The van der Waals surface area contributed by atoms with E-state index in [1.807, 2.05) is 0 Å². The third-order valence-corrected chi connectivity index (χ3v) is 3.84. The number of benzene rings is 1. The number of hydrogen-bond acceptors (Lipinski definition) is 1. The van der Waals surface area contributed by atoms with E-state index in [0.29, 0.717) is 0 Å². The summed E-state index contributed by atoms with van der Waals surface area (Å²) in [4.78, 5) is 0. The van der Waals surface area contributed by atoms with Crippen molar-refractivity contribution in [3.05, 3.63) is 30.9 Å². The molecule has 0 aromatic heterocycles. The van der Waals surface area contributed by atoms with Crippen LogP contribution in [0.1, 0.15) is 30.9 Å². The first-order chi connectivity index (χ1) is 6.65. The monoisotopic (exact) mass is 413 g/mol. The average Bonchev–Trinajstić information content (AvgIpc) is 2.86. The van der Waals surface area contributed by atoms with Gasteiger partial charge in [-0.05, 0) is 81.3 Å². The fourth-order valence-electron chi connectivity index (χ4n) is 1.64. The highest BCUT2D eigenvalue weighted by molar-refractivity contribution is 14.1. The molecule has 1 aliphatic carbocycles. The molecule has 1 atom stereocenters. The molecular formula is C11H13I2N. The van der Waals surface area contributed by atoms with Crippen LogP contribution in [0.2, 0.25) is 0 Å². The molecular weight excluding hydrogens is 400 g/mol. The van der Waals surface area contributed by atoms with E-state index >= 15 is 0 Å². The lowest BCUT2D eigenvalue weighted by molar-refractivity contribution is 0.596. The van der Waals surface area contributed by atoms with E-state index in [1.54, 1.807) is 0 Å². The Labute approximate surface area is 112 Å². The number of halogens is 2. The standard InChI is InChI=1S/C11H13I2N/c12-9-4-8(5-10(13)6-9)11(14)3-7-1-2-7/h4-7,11H,1-3,14H2/t11-/m0/s1. The van der Waals surface area contributed by atoms with Gasteiger partial charge in [-0.2, -0.15) is 0 Å². The van der Waals surface area contributed by atoms with E-state index in [0.717, 1.165) is 12.3 Å². The van der Waals surface area contributed by atoms with Crippen molar-refractivity contribution in [3.8, 4) is 0 Å². The fraction of sp³-hybridized carbons (Fsp3) is 0.455. The van der Waals surface area contributed by atoms with Gasteiger partial charge in [-0.15, -0.1) is 0 Å². The van der Waals surface area contributed by atoms with Gasteiger partial charge in [0.2, 0.25) is 0 Å². The van der Waals surface area contributed by atoms with Crippen molar-refractivity contribution in [2.45, 2.75) is 25.3 Å². The molecule has 1 saturated carbocycles. The average molecular weight is 413 g/mol. The summed E-state index contributed by atoms with van der Waals surface area (Å²) in [6, 6.07) is 6.82. The van der Waals surface area contributed by atoms with Crippen molar-refractivity contribution in [2.75, 3.05) is 0 Å². The molecule has 14 heavy (non-hydrogen) atoms. The van der Waals surface area contributed by atoms with Crippen LogP contribution in [0.5, 0.6) is 0 Å². The molecule has 0 spiro atoms. The summed E-state index contributed by atoms with van der Waals surface area (Å²) in [6.07, 6.45) is 3.93. The minimum Gasteiger partial charge on any atom is -0.324 e. The predicted molar refractivity (Wildman–Crippen MR) is 76.1 cm³/mol. The highest BCUT2D eigenvalue weighted by Gasteiger charge is 2.24. The maximum atomic E-state index is 6.17. The first kappa shape index (κ1) is 11.1. The van der Waals surface area contributed by atoms with Crippen LogP contribution in [0.25, 0.3) is 0 Å². The quantitative estimate of drug-likeness (QED) is 0.752. The molecule has 1 aromatic rings. The second-order valence-corrected chi connectivity index (χ2v) is 6.48. The minimum atomic E-state index is 0.241. The minimum absolute atomic E-state index is 0.241. The lowest BCUT2D eigenvalue weighted by Gasteiger charge is -2.12. The predicted octanol–water partition coefficient (Wildman–Crippen LogP) is 3.70. The molecule has 0 heterocycles. The maximum absolute atomic E-state index is 6.17. The van der Waals surface area contributed by atoms with Gasteiger partial charge in [0.25, 0.3) is 0 Å². The molecule has 0 bridgehead atoms. The Bertz CT molecular complexity index is 314. The highest BCUT2D eigenvalue weighted by Crippen LogP contribution is 2.37. The van der Waals surface area contributed by atoms with E-state index < -0.39 is 0 Å². The highest BCUT2D eigenvalue weighted by atomic mass is 127. The molecule has 0 saturated heterocycles. The molecule has 2 N–H and O–H groups in total. The van der Waals surface area contributed by atoms with E-state index in [2.05, 4.69) is 63.4 Å². The van der Waals surface area contributed by atoms with Gasteiger partial charge in [-0.3, -0.25) is 0 Å². The lowest BCUT2D eigenvalue weighted by atomic mass is 10.0. The van der Waals surface area contributed by atoms with Crippen molar-refractivity contribution in [3.63, 3.8) is 0 Å². The Hall–Kier alpha value is 0.640. The van der Waals surface area contributed by atoms with E-state index in [1.165, 1.54) is 25.5 Å². The zero-order valence-electron chi connectivity index (χ0n) is 7.84. The van der Waals surface area contributed by atoms with E-state index in [9.17, 15) is 0 Å². The van der Waals surface area contributed by atoms with E-state index in [-0.39, 0.29) is 6.04 Å². The summed E-state index contributed by atoms with van der Waals surface area (Å²) in [6.45, 7) is 0. The number of hydrogen-bond donors (Lipinski definition) is 1. The van der Waals surface area contributed by atoms with Gasteiger partial charge in [0, 0.05) is 13.2 Å². The van der Waals surface area contributed by atoms with Gasteiger partial charge >= 0.3 is 0 Å². The first-order valence-corrected chi connectivity index (χ1v) is 7.02. The first-order valence-electron chi connectivity index (χ1n) is 4.87. The summed E-state index contributed by atoms with van der Waals surface area (Å²) in [5.74, 6) is 0.903. The molecule has 3 heteroatoms. The van der Waals surface area contributed by atoms with Gasteiger partial charge in [-0.25, -0.2) is 0 Å². The van der Waals surface area contributed by atoms with Crippen molar-refractivity contribution < 1.29 is 0 Å². The number of rotatable bonds is 3. The SMILES string of the molecule is N[C@@H](CC1CC1)c1cc(I)cc(I)c1. The molecule has 0 aliphatic heterocycles. The van der Waals surface area contributed by atoms with Crippen LogP contribution in [-0.4, -0.2) is 0 Å². The Morgan fingerprint density at radius 3 is 2.29 bits per heavy atom. The largest absolute Gasteiger partial charge is 0.324 e. The molecule has 0 amide bonds. The third kappa shape index (κ3) is 3.06. The smallest absolute Gasteiger partial charge is 0.0298 e. The summed E-state index contributed by atoms with van der Waals surface area (Å²) in [7, 11) is 0. The van der Waals surface area contributed by atoms with Crippen LogP contribution in [0.15, 0.2) is 18.2 Å². The summed E-state index contributed by atoms with van der Waals surface area (Å²) in [5, 5.41) is 0. The number of nitrogens with two attached hydrogens (primary N) is 1. The summed E-state index contributed by atoms with van der Waals surface area (Å²) in [5.41, 5.74) is 7.47. The Kier molecular flexibility index (Phi) is 3.70. The molecule has 1 aliphatic rings. The van der Waals surface area contributed by atoms with Crippen LogP contribution in [-0.2, 0) is 0 Å². The second-order valence-electron chi connectivity index (χ2n) is 3.99. The van der Waals surface area contributed by atoms with Gasteiger partial charge in [0.05, 0.1) is 0 Å². The second kappa shape index (κ2) is 4.65. The Morgan fingerprint density at radius 1 is 1.21 bits per heavy atom. The molecule has 0 unspecified atom stereocenters. The molecule has 1 aromatic carbocycles. The van der Waals surface area contributed by atoms with Crippen LogP contribution < -0.4 is 5.73 Å². The molecule has 0 radical (unpaired) electrons.